The number of nitrogens with one attached hydrogen (secondary N) is 2. The van der Waals surface area contributed by atoms with E-state index in [0.717, 1.165) is 32.3 Å². The lowest BCUT2D eigenvalue weighted by Crippen LogP contribution is -2.58. The van der Waals surface area contributed by atoms with Gasteiger partial charge in [0.25, 0.3) is 0 Å². The molecule has 0 saturated carbocycles. The molecule has 1 aliphatic rings. The van der Waals surface area contributed by atoms with Gasteiger partial charge in [0, 0.05) is 45.5 Å². The number of hydrogen-bond acceptors (Lipinski definition) is 3. The summed E-state index contributed by atoms with van der Waals surface area (Å²) < 4.78 is 0. The van der Waals surface area contributed by atoms with Crippen LogP contribution in [0.15, 0.2) is 24.3 Å². The van der Waals surface area contributed by atoms with E-state index >= 15 is 0 Å². The summed E-state index contributed by atoms with van der Waals surface area (Å²) in [6, 6.07) is 8.88. The maximum atomic E-state index is 11.9. The Morgan fingerprint density at radius 3 is 2.52 bits per heavy atom. The lowest BCUT2D eigenvalue weighted by molar-refractivity contribution is 0.150. The van der Waals surface area contributed by atoms with Gasteiger partial charge in [-0.2, -0.15) is 0 Å². The smallest absolute Gasteiger partial charge is 0.317 e. The van der Waals surface area contributed by atoms with Crippen LogP contribution >= 0.6 is 0 Å². The van der Waals surface area contributed by atoms with Crippen LogP contribution in [-0.4, -0.2) is 69.8 Å². The lowest BCUT2D eigenvalue weighted by atomic mass is 10.3. The van der Waals surface area contributed by atoms with Gasteiger partial charge in [-0.3, -0.25) is 0 Å². The molecule has 0 radical (unpaired) electrons. The number of rotatable bonds is 5. The van der Waals surface area contributed by atoms with Crippen molar-refractivity contribution in [2.24, 2.45) is 0 Å². The zero-order valence-electron chi connectivity index (χ0n) is 14.9. The van der Waals surface area contributed by atoms with Gasteiger partial charge in [0.15, 0.2) is 0 Å². The standard InChI is InChI=1S/C17H30N4OSi/c1-5-19-17(22)21-11-9-20(10-12-21)14-23(3,4)16-8-6-7-15(13-16)18-2/h6-8,13,18H,5,9-12,14H2,1-4H3,(H,19,22). The fourth-order valence-corrected chi connectivity index (χ4v) is 5.83. The molecule has 6 heteroatoms. The van der Waals surface area contributed by atoms with Crippen molar-refractivity contribution in [3.63, 3.8) is 0 Å². The van der Waals surface area contributed by atoms with Crippen molar-refractivity contribution < 1.29 is 4.79 Å². The van der Waals surface area contributed by atoms with E-state index in [1.165, 1.54) is 10.9 Å². The van der Waals surface area contributed by atoms with Gasteiger partial charge in [0.05, 0.1) is 8.07 Å². The van der Waals surface area contributed by atoms with E-state index in [2.05, 4.69) is 52.9 Å². The number of urea groups is 1. The van der Waals surface area contributed by atoms with Crippen molar-refractivity contribution in [1.29, 1.82) is 0 Å². The highest BCUT2D eigenvalue weighted by Crippen LogP contribution is 2.12. The number of carbonyl (C=O) groups excluding carboxylic acids is 1. The number of amides is 2. The molecule has 128 valence electrons. The minimum Gasteiger partial charge on any atom is -0.388 e. The Morgan fingerprint density at radius 2 is 1.91 bits per heavy atom. The summed E-state index contributed by atoms with van der Waals surface area (Å²) in [5.74, 6) is 0. The second-order valence-corrected chi connectivity index (χ2v) is 11.5. The van der Waals surface area contributed by atoms with Crippen molar-refractivity contribution in [3.05, 3.63) is 24.3 Å². The van der Waals surface area contributed by atoms with Crippen LogP contribution in [0, 0.1) is 0 Å². The van der Waals surface area contributed by atoms with Crippen LogP contribution in [0.2, 0.25) is 13.1 Å². The number of piperazine rings is 1. The van der Waals surface area contributed by atoms with E-state index in [9.17, 15) is 4.79 Å². The molecule has 0 atom stereocenters. The maximum absolute atomic E-state index is 11.9. The number of anilines is 1. The Hall–Kier alpha value is -1.53. The molecule has 1 aromatic rings. The Bertz CT molecular complexity index is 527. The maximum Gasteiger partial charge on any atom is 0.317 e. The zero-order chi connectivity index (χ0) is 16.9. The van der Waals surface area contributed by atoms with Crippen LogP contribution in [-0.2, 0) is 0 Å². The monoisotopic (exact) mass is 334 g/mol. The average Bonchev–Trinajstić information content (AvgIpc) is 2.55. The van der Waals surface area contributed by atoms with Gasteiger partial charge in [-0.15, -0.1) is 0 Å². The first-order chi connectivity index (χ1) is 11.0. The fourth-order valence-electron chi connectivity index (χ4n) is 3.12. The van der Waals surface area contributed by atoms with Gasteiger partial charge < -0.3 is 20.4 Å². The molecule has 2 N–H and O–H groups in total. The second kappa shape index (κ2) is 7.83. The van der Waals surface area contributed by atoms with Crippen molar-refractivity contribution >= 4 is 25.0 Å². The summed E-state index contributed by atoms with van der Waals surface area (Å²) in [6.07, 6.45) is 1.14. The quantitative estimate of drug-likeness (QED) is 0.803. The third kappa shape index (κ3) is 4.72. The number of nitrogens with zero attached hydrogens (tertiary/aromatic N) is 2. The van der Waals surface area contributed by atoms with Gasteiger partial charge in [-0.1, -0.05) is 30.4 Å². The van der Waals surface area contributed by atoms with Crippen molar-refractivity contribution in [2.75, 3.05) is 51.3 Å². The Labute approximate surface area is 141 Å². The minimum atomic E-state index is -1.51. The van der Waals surface area contributed by atoms with Crippen LogP contribution in [0.4, 0.5) is 10.5 Å². The predicted molar refractivity (Wildman–Crippen MR) is 100 cm³/mol. The number of benzene rings is 1. The molecule has 2 amide bonds. The normalized spacial score (nSPS) is 16.3. The highest BCUT2D eigenvalue weighted by Gasteiger charge is 2.29. The number of hydrogen-bond donors (Lipinski definition) is 2. The molecule has 0 unspecified atom stereocenters. The lowest BCUT2D eigenvalue weighted by Gasteiger charge is -2.38. The number of carbonyl (C=O) groups is 1. The van der Waals surface area contributed by atoms with Crippen LogP contribution in [0.1, 0.15) is 6.92 Å². The highest BCUT2D eigenvalue weighted by atomic mass is 28.3. The van der Waals surface area contributed by atoms with Gasteiger partial charge in [-0.25, -0.2) is 4.79 Å². The Balaban J connectivity index is 1.93. The molecule has 1 heterocycles. The summed E-state index contributed by atoms with van der Waals surface area (Å²) in [6.45, 7) is 11.1. The molecule has 2 rings (SSSR count). The first kappa shape index (κ1) is 17.8. The molecule has 1 aromatic carbocycles. The van der Waals surface area contributed by atoms with E-state index in [0.29, 0.717) is 6.54 Å². The van der Waals surface area contributed by atoms with E-state index in [1.807, 2.05) is 18.9 Å². The van der Waals surface area contributed by atoms with Crippen LogP contribution < -0.4 is 15.8 Å². The summed E-state index contributed by atoms with van der Waals surface area (Å²) in [5.41, 5.74) is 1.18. The first-order valence-electron chi connectivity index (χ1n) is 8.49. The third-order valence-corrected chi connectivity index (χ3v) is 7.65. The average molecular weight is 335 g/mol. The van der Waals surface area contributed by atoms with Crippen molar-refractivity contribution in [2.45, 2.75) is 20.0 Å². The topological polar surface area (TPSA) is 47.6 Å². The van der Waals surface area contributed by atoms with Crippen LogP contribution in [0.25, 0.3) is 0 Å². The van der Waals surface area contributed by atoms with E-state index in [-0.39, 0.29) is 6.03 Å². The molecule has 0 aliphatic carbocycles. The first-order valence-corrected chi connectivity index (χ1v) is 11.7. The van der Waals surface area contributed by atoms with Gasteiger partial charge in [0.1, 0.15) is 0 Å². The van der Waals surface area contributed by atoms with Crippen molar-refractivity contribution in [3.8, 4) is 0 Å². The summed E-state index contributed by atoms with van der Waals surface area (Å²) >= 11 is 0. The highest BCUT2D eigenvalue weighted by molar-refractivity contribution is 6.90. The summed E-state index contributed by atoms with van der Waals surface area (Å²) in [7, 11) is 0.454. The predicted octanol–water partition coefficient (Wildman–Crippen LogP) is 1.53. The second-order valence-electron chi connectivity index (χ2n) is 6.81. The van der Waals surface area contributed by atoms with E-state index in [1.54, 1.807) is 0 Å². The molecule has 1 fully saturated rings. The minimum absolute atomic E-state index is 0.0744. The zero-order valence-corrected chi connectivity index (χ0v) is 15.9. The largest absolute Gasteiger partial charge is 0.388 e. The van der Waals surface area contributed by atoms with Crippen LogP contribution in [0.3, 0.4) is 0 Å². The molecule has 1 aliphatic heterocycles. The Kier molecular flexibility index (Phi) is 6.07. The molecule has 0 aromatic heterocycles. The molecule has 5 nitrogen and oxygen atoms in total. The van der Waals surface area contributed by atoms with Crippen molar-refractivity contribution in [1.82, 2.24) is 15.1 Å². The molecular formula is C17H30N4OSi. The molecule has 1 saturated heterocycles. The van der Waals surface area contributed by atoms with E-state index in [4.69, 9.17) is 0 Å². The molecular weight excluding hydrogens is 304 g/mol. The summed E-state index contributed by atoms with van der Waals surface area (Å²) in [4.78, 5) is 16.3. The molecule has 0 bridgehead atoms. The van der Waals surface area contributed by atoms with Crippen LogP contribution in [0.5, 0.6) is 0 Å². The Morgan fingerprint density at radius 1 is 1.22 bits per heavy atom. The fraction of sp³-hybridized carbons (Fsp3) is 0.588. The SMILES string of the molecule is CCNC(=O)N1CCN(C[Si](C)(C)c2cccc(NC)c2)CC1. The van der Waals surface area contributed by atoms with Gasteiger partial charge >= 0.3 is 6.03 Å². The van der Waals surface area contributed by atoms with Gasteiger partial charge in [0.2, 0.25) is 0 Å². The molecule has 0 spiro atoms. The summed E-state index contributed by atoms with van der Waals surface area (Å²) in [5, 5.41) is 7.60. The van der Waals surface area contributed by atoms with E-state index < -0.39 is 8.07 Å². The third-order valence-electron chi connectivity index (χ3n) is 4.54. The molecule has 23 heavy (non-hydrogen) atoms. The van der Waals surface area contributed by atoms with Gasteiger partial charge in [-0.05, 0) is 25.2 Å².